The molecule has 0 bridgehead atoms. The number of alkyl halides is 1. The molecule has 10 heavy (non-hydrogen) atoms. The van der Waals surface area contributed by atoms with Gasteiger partial charge in [0.1, 0.15) is 6.17 Å². The second kappa shape index (κ2) is 5.15. The van der Waals surface area contributed by atoms with E-state index in [1.54, 1.807) is 0 Å². The molecule has 0 nitrogen and oxygen atoms in total. The average molecular weight is 146 g/mol. The van der Waals surface area contributed by atoms with Crippen molar-refractivity contribution in [1.82, 2.24) is 0 Å². The lowest BCUT2D eigenvalue weighted by molar-refractivity contribution is 0.367. The third kappa shape index (κ3) is 5.48. The fourth-order valence-electron chi connectivity index (χ4n) is 0.607. The summed E-state index contributed by atoms with van der Waals surface area (Å²) in [5.74, 6) is -0.378. The van der Waals surface area contributed by atoms with Crippen LogP contribution in [0, 0.1) is 0 Å². The second-order valence-corrected chi connectivity index (χ2v) is 2.16. The maximum atomic E-state index is 12.3. The summed E-state index contributed by atoms with van der Waals surface area (Å²) >= 11 is 0. The van der Waals surface area contributed by atoms with Crippen LogP contribution in [0.25, 0.3) is 0 Å². The smallest absolute Gasteiger partial charge is 0.118 e. The maximum absolute atomic E-state index is 12.3. The third-order valence-corrected chi connectivity index (χ3v) is 1.18. The molecule has 0 aliphatic rings. The summed E-state index contributed by atoms with van der Waals surface area (Å²) in [6.07, 6.45) is 1.32. The number of allylic oxidation sites excluding steroid dienone is 2. The zero-order valence-corrected chi connectivity index (χ0v) is 5.95. The minimum Gasteiger partial charge on any atom is -0.243 e. The van der Waals surface area contributed by atoms with Crippen molar-refractivity contribution in [3.63, 3.8) is 0 Å². The van der Waals surface area contributed by atoms with Crippen LogP contribution in [0.15, 0.2) is 25.1 Å². The van der Waals surface area contributed by atoms with E-state index in [0.717, 1.165) is 0 Å². The Balaban J connectivity index is 3.19. The van der Waals surface area contributed by atoms with Crippen molar-refractivity contribution in [2.45, 2.75) is 25.4 Å². The van der Waals surface area contributed by atoms with Gasteiger partial charge in [-0.25, -0.2) is 8.78 Å². The van der Waals surface area contributed by atoms with Gasteiger partial charge in [-0.05, 0) is 19.3 Å². The summed E-state index contributed by atoms with van der Waals surface area (Å²) in [6, 6.07) is 0. The first-order valence-electron chi connectivity index (χ1n) is 3.26. The van der Waals surface area contributed by atoms with Gasteiger partial charge in [0.25, 0.3) is 0 Å². The van der Waals surface area contributed by atoms with Crippen molar-refractivity contribution in [2.24, 2.45) is 0 Å². The highest BCUT2D eigenvalue weighted by Crippen LogP contribution is 2.10. The molecular formula is C8H12F2. The zero-order chi connectivity index (χ0) is 7.98. The average Bonchev–Trinajstić information content (AvgIpc) is 1.87. The van der Waals surface area contributed by atoms with Gasteiger partial charge < -0.3 is 0 Å². The van der Waals surface area contributed by atoms with Gasteiger partial charge >= 0.3 is 0 Å². The predicted molar refractivity (Wildman–Crippen MR) is 39.2 cm³/mol. The lowest BCUT2D eigenvalue weighted by Gasteiger charge is -1.99. The molecule has 0 saturated heterocycles. The molecule has 0 heterocycles. The van der Waals surface area contributed by atoms with Gasteiger partial charge in [0, 0.05) is 0 Å². The molecule has 0 saturated carbocycles. The van der Waals surface area contributed by atoms with Crippen LogP contribution in [-0.2, 0) is 0 Å². The van der Waals surface area contributed by atoms with Gasteiger partial charge in [0.05, 0.1) is 5.83 Å². The Morgan fingerprint density at radius 2 is 2.20 bits per heavy atom. The molecule has 2 heteroatoms. The van der Waals surface area contributed by atoms with E-state index < -0.39 is 6.17 Å². The molecule has 0 radical (unpaired) electrons. The highest BCUT2D eigenvalue weighted by molar-refractivity contribution is 4.82. The van der Waals surface area contributed by atoms with Crippen LogP contribution < -0.4 is 0 Å². The molecule has 0 aromatic carbocycles. The van der Waals surface area contributed by atoms with E-state index >= 15 is 0 Å². The largest absolute Gasteiger partial charge is 0.243 e. The molecule has 0 aliphatic carbocycles. The first-order chi connectivity index (χ1) is 4.66. The minimum absolute atomic E-state index is 0.258. The van der Waals surface area contributed by atoms with Crippen LogP contribution in [-0.4, -0.2) is 6.17 Å². The van der Waals surface area contributed by atoms with Gasteiger partial charge in [0.15, 0.2) is 0 Å². The molecule has 0 aliphatic heterocycles. The predicted octanol–water partition coefficient (Wildman–Crippen LogP) is 3.16. The van der Waals surface area contributed by atoms with Crippen LogP contribution in [0.2, 0.25) is 0 Å². The molecule has 0 N–H and O–H groups in total. The standard InChI is InChI=1S/C8H12F2/c1-3-8(10)6-4-5-7(2)9/h3,8H,1-2,4-6H2. The molecule has 58 valence electrons. The highest BCUT2D eigenvalue weighted by Gasteiger charge is 1.99. The minimum atomic E-state index is -1.00. The van der Waals surface area contributed by atoms with E-state index in [9.17, 15) is 8.78 Å². The normalized spacial score (nSPS) is 12.6. The fraction of sp³-hybridized carbons (Fsp3) is 0.500. The summed E-state index contributed by atoms with van der Waals surface area (Å²) in [6.45, 7) is 6.33. The Hall–Kier alpha value is -0.660. The van der Waals surface area contributed by atoms with Crippen molar-refractivity contribution in [3.05, 3.63) is 25.1 Å². The van der Waals surface area contributed by atoms with Gasteiger partial charge in [-0.2, -0.15) is 0 Å². The number of hydrogen-bond acceptors (Lipinski definition) is 0. The van der Waals surface area contributed by atoms with Gasteiger partial charge in [-0.1, -0.05) is 12.7 Å². The van der Waals surface area contributed by atoms with E-state index in [4.69, 9.17) is 0 Å². The summed E-state index contributed by atoms with van der Waals surface area (Å²) in [7, 11) is 0. The van der Waals surface area contributed by atoms with Gasteiger partial charge in [-0.15, -0.1) is 6.58 Å². The fourth-order valence-corrected chi connectivity index (χ4v) is 0.607. The molecule has 1 atom stereocenters. The molecule has 0 aromatic rings. The molecule has 0 rings (SSSR count). The highest BCUT2D eigenvalue weighted by atomic mass is 19.1. The monoisotopic (exact) mass is 146 g/mol. The van der Waals surface area contributed by atoms with Crippen LogP contribution in [0.3, 0.4) is 0 Å². The van der Waals surface area contributed by atoms with Crippen molar-refractivity contribution in [1.29, 1.82) is 0 Å². The van der Waals surface area contributed by atoms with Crippen molar-refractivity contribution in [3.8, 4) is 0 Å². The Bertz CT molecular complexity index is 118. The van der Waals surface area contributed by atoms with E-state index in [-0.39, 0.29) is 12.2 Å². The third-order valence-electron chi connectivity index (χ3n) is 1.18. The Morgan fingerprint density at radius 3 is 2.60 bits per heavy atom. The molecular weight excluding hydrogens is 134 g/mol. The van der Waals surface area contributed by atoms with E-state index in [0.29, 0.717) is 12.8 Å². The van der Waals surface area contributed by atoms with Crippen LogP contribution >= 0.6 is 0 Å². The number of hydrogen-bond donors (Lipinski definition) is 0. The summed E-state index contributed by atoms with van der Waals surface area (Å²) in [4.78, 5) is 0. The van der Waals surface area contributed by atoms with Crippen molar-refractivity contribution in [2.75, 3.05) is 0 Å². The SMILES string of the molecule is C=CC(F)CCCC(=C)F. The Kier molecular flexibility index (Phi) is 4.81. The lowest BCUT2D eigenvalue weighted by Crippen LogP contribution is -1.93. The van der Waals surface area contributed by atoms with Crippen molar-refractivity contribution >= 4 is 0 Å². The van der Waals surface area contributed by atoms with Crippen LogP contribution in [0.4, 0.5) is 8.78 Å². The molecule has 1 unspecified atom stereocenters. The van der Waals surface area contributed by atoms with Crippen LogP contribution in [0.5, 0.6) is 0 Å². The maximum Gasteiger partial charge on any atom is 0.118 e. The first kappa shape index (κ1) is 9.34. The van der Waals surface area contributed by atoms with Crippen LogP contribution in [0.1, 0.15) is 19.3 Å². The van der Waals surface area contributed by atoms with Crippen molar-refractivity contribution < 1.29 is 8.78 Å². The topological polar surface area (TPSA) is 0 Å². The Labute approximate surface area is 60.2 Å². The molecule has 0 aromatic heterocycles. The van der Waals surface area contributed by atoms with E-state index in [1.165, 1.54) is 6.08 Å². The number of rotatable bonds is 5. The summed E-state index contributed by atoms with van der Waals surface area (Å²) < 4.78 is 24.2. The second-order valence-electron chi connectivity index (χ2n) is 2.16. The van der Waals surface area contributed by atoms with E-state index in [2.05, 4.69) is 13.2 Å². The molecule has 0 spiro atoms. The zero-order valence-electron chi connectivity index (χ0n) is 5.95. The summed E-state index contributed by atoms with van der Waals surface area (Å²) in [5.41, 5.74) is 0. The van der Waals surface area contributed by atoms with E-state index in [1.807, 2.05) is 0 Å². The molecule has 0 amide bonds. The van der Waals surface area contributed by atoms with Gasteiger partial charge in [-0.3, -0.25) is 0 Å². The Morgan fingerprint density at radius 1 is 1.60 bits per heavy atom. The quantitative estimate of drug-likeness (QED) is 0.522. The summed E-state index contributed by atoms with van der Waals surface area (Å²) in [5, 5.41) is 0. The number of halogens is 2. The lowest BCUT2D eigenvalue weighted by atomic mass is 10.1. The molecule has 0 fully saturated rings. The van der Waals surface area contributed by atoms with Gasteiger partial charge in [0.2, 0.25) is 0 Å². The first-order valence-corrected chi connectivity index (χ1v) is 3.26.